The van der Waals surface area contributed by atoms with Crippen LogP contribution in [0.1, 0.15) is 5.69 Å². The average molecular weight is 428 g/mol. The molecule has 0 radical (unpaired) electrons. The summed E-state index contributed by atoms with van der Waals surface area (Å²) >= 11 is 0. The Hall–Kier alpha value is -1.55. The number of nitrogens with zero attached hydrogens (tertiary/aromatic N) is 3. The molecule has 0 saturated carbocycles. The maximum absolute atomic E-state index is 13.3. The molecule has 11 heteroatoms. The predicted molar refractivity (Wildman–Crippen MR) is 101 cm³/mol. The normalized spacial score (nSPS) is 16.3. The summed E-state index contributed by atoms with van der Waals surface area (Å²) in [4.78, 5) is 17.7. The number of amides is 1. The van der Waals surface area contributed by atoms with E-state index in [0.717, 1.165) is 0 Å². The van der Waals surface area contributed by atoms with Crippen LogP contribution >= 0.6 is 24.8 Å². The Morgan fingerprint density at radius 3 is 2.59 bits per heavy atom. The second kappa shape index (κ2) is 10.1. The Labute approximate surface area is 167 Å². The smallest absolute Gasteiger partial charge is 0.354 e. The lowest BCUT2D eigenvalue weighted by Gasteiger charge is -2.35. The lowest BCUT2D eigenvalue weighted by molar-refractivity contribution is -0.184. The molecule has 0 aliphatic carbocycles. The van der Waals surface area contributed by atoms with Crippen LogP contribution in [0.4, 0.5) is 13.2 Å². The first-order valence-corrected chi connectivity index (χ1v) is 8.14. The molecule has 152 valence electrons. The van der Waals surface area contributed by atoms with E-state index in [-0.39, 0.29) is 31.2 Å². The fourth-order valence-electron chi connectivity index (χ4n) is 2.96. The number of pyridine rings is 1. The molecule has 0 bridgehead atoms. The molecule has 0 spiro atoms. The highest BCUT2D eigenvalue weighted by atomic mass is 35.5. The molecule has 1 atom stereocenters. The van der Waals surface area contributed by atoms with Crippen molar-refractivity contribution in [2.75, 3.05) is 32.7 Å². The number of carbonyl (C=O) groups excluding carboxylic acids is 1. The molecule has 2 aromatic rings. The number of imidazole rings is 1. The minimum absolute atomic E-state index is 0. The third kappa shape index (κ3) is 6.24. The van der Waals surface area contributed by atoms with Crippen LogP contribution in [0, 0.1) is 0 Å². The van der Waals surface area contributed by atoms with E-state index < -0.39 is 24.7 Å². The van der Waals surface area contributed by atoms with Gasteiger partial charge in [-0.15, -0.1) is 24.8 Å². The molecule has 1 aliphatic rings. The second-order valence-corrected chi connectivity index (χ2v) is 6.02. The van der Waals surface area contributed by atoms with E-state index in [2.05, 4.69) is 15.6 Å². The SMILES string of the molecule is Cl.Cl.O=C(Cc1cn2ccccc2n1)NCC(N1CCNCC1)C(F)(F)F. The van der Waals surface area contributed by atoms with Gasteiger partial charge in [0.2, 0.25) is 5.91 Å². The molecular weight excluding hydrogens is 406 g/mol. The minimum atomic E-state index is -4.38. The van der Waals surface area contributed by atoms with Gasteiger partial charge in [-0.05, 0) is 12.1 Å². The van der Waals surface area contributed by atoms with E-state index in [4.69, 9.17) is 0 Å². The van der Waals surface area contributed by atoms with Crippen molar-refractivity contribution in [3.05, 3.63) is 36.3 Å². The van der Waals surface area contributed by atoms with E-state index in [0.29, 0.717) is 37.5 Å². The molecule has 6 nitrogen and oxygen atoms in total. The van der Waals surface area contributed by atoms with Gasteiger partial charge in [0.25, 0.3) is 0 Å². The van der Waals surface area contributed by atoms with Crippen molar-refractivity contribution in [2.45, 2.75) is 18.6 Å². The van der Waals surface area contributed by atoms with Crippen LogP contribution in [0.2, 0.25) is 0 Å². The minimum Gasteiger partial charge on any atom is -0.354 e. The highest BCUT2D eigenvalue weighted by Gasteiger charge is 2.43. The maximum Gasteiger partial charge on any atom is 0.405 e. The Bertz CT molecular complexity index is 701. The number of rotatable bonds is 5. The summed E-state index contributed by atoms with van der Waals surface area (Å²) in [7, 11) is 0. The molecule has 1 fully saturated rings. The zero-order valence-corrected chi connectivity index (χ0v) is 16.0. The van der Waals surface area contributed by atoms with Gasteiger partial charge in [-0.2, -0.15) is 13.2 Å². The van der Waals surface area contributed by atoms with Gasteiger partial charge in [0, 0.05) is 45.1 Å². The van der Waals surface area contributed by atoms with Crippen LogP contribution in [-0.2, 0) is 11.2 Å². The van der Waals surface area contributed by atoms with Crippen LogP contribution in [0.5, 0.6) is 0 Å². The van der Waals surface area contributed by atoms with E-state index >= 15 is 0 Å². The fourth-order valence-corrected chi connectivity index (χ4v) is 2.96. The summed E-state index contributed by atoms with van der Waals surface area (Å²) in [6, 6.07) is 3.79. The quantitative estimate of drug-likeness (QED) is 0.761. The molecular formula is C16H22Cl2F3N5O. The first kappa shape index (κ1) is 23.5. The molecule has 1 aliphatic heterocycles. The summed E-state index contributed by atoms with van der Waals surface area (Å²) in [6.07, 6.45) is -0.929. The number of carbonyl (C=O) groups is 1. The molecule has 1 amide bonds. The van der Waals surface area contributed by atoms with E-state index in [1.807, 2.05) is 12.1 Å². The van der Waals surface area contributed by atoms with Crippen LogP contribution in [0.3, 0.4) is 0 Å². The third-order valence-corrected chi connectivity index (χ3v) is 4.22. The van der Waals surface area contributed by atoms with Crippen molar-refractivity contribution in [3.63, 3.8) is 0 Å². The van der Waals surface area contributed by atoms with E-state index in [1.54, 1.807) is 22.9 Å². The highest BCUT2D eigenvalue weighted by molar-refractivity contribution is 5.85. The number of alkyl halides is 3. The van der Waals surface area contributed by atoms with Gasteiger partial charge in [0.05, 0.1) is 12.1 Å². The fraction of sp³-hybridized carbons (Fsp3) is 0.500. The lowest BCUT2D eigenvalue weighted by atomic mass is 10.2. The average Bonchev–Trinajstić information content (AvgIpc) is 2.96. The zero-order valence-electron chi connectivity index (χ0n) is 14.4. The molecule has 1 unspecified atom stereocenters. The molecule has 27 heavy (non-hydrogen) atoms. The van der Waals surface area contributed by atoms with Crippen molar-refractivity contribution >= 4 is 36.4 Å². The van der Waals surface area contributed by atoms with Crippen LogP contribution in [0.15, 0.2) is 30.6 Å². The number of hydrogen-bond acceptors (Lipinski definition) is 4. The monoisotopic (exact) mass is 427 g/mol. The van der Waals surface area contributed by atoms with Gasteiger partial charge in [-0.1, -0.05) is 6.07 Å². The van der Waals surface area contributed by atoms with Crippen molar-refractivity contribution in [3.8, 4) is 0 Å². The number of aromatic nitrogens is 2. The molecule has 0 aromatic carbocycles. The molecule has 3 heterocycles. The van der Waals surface area contributed by atoms with Crippen molar-refractivity contribution in [1.29, 1.82) is 0 Å². The second-order valence-electron chi connectivity index (χ2n) is 6.02. The summed E-state index contributed by atoms with van der Waals surface area (Å²) < 4.78 is 41.6. The standard InChI is InChI=1S/C16H20F3N5O.2ClH/c17-16(18,19)13(23-7-4-20-5-8-23)10-21-15(25)9-12-11-24-6-2-1-3-14(24)22-12;;/h1-3,6,11,13,20H,4-5,7-10H2,(H,21,25);2*1H. The predicted octanol–water partition coefficient (Wildman–Crippen LogP) is 1.67. The van der Waals surface area contributed by atoms with Crippen LogP contribution in [0.25, 0.3) is 5.65 Å². The summed E-state index contributed by atoms with van der Waals surface area (Å²) in [5, 5.41) is 5.43. The molecule has 1 saturated heterocycles. The number of nitrogens with one attached hydrogen (secondary N) is 2. The summed E-state index contributed by atoms with van der Waals surface area (Å²) in [6.45, 7) is 1.21. The molecule has 2 N–H and O–H groups in total. The number of hydrogen-bond donors (Lipinski definition) is 2. The molecule has 3 rings (SSSR count). The number of fused-ring (bicyclic) bond motifs is 1. The van der Waals surface area contributed by atoms with E-state index in [1.165, 1.54) is 4.90 Å². The van der Waals surface area contributed by atoms with Crippen LogP contribution < -0.4 is 10.6 Å². The summed E-state index contributed by atoms with van der Waals surface area (Å²) in [5.41, 5.74) is 1.22. The highest BCUT2D eigenvalue weighted by Crippen LogP contribution is 2.24. The Kier molecular flexibility index (Phi) is 8.80. The third-order valence-electron chi connectivity index (χ3n) is 4.22. The van der Waals surface area contributed by atoms with Gasteiger partial charge in [-0.25, -0.2) is 4.98 Å². The topological polar surface area (TPSA) is 61.7 Å². The first-order valence-electron chi connectivity index (χ1n) is 8.14. The maximum atomic E-state index is 13.3. The van der Waals surface area contributed by atoms with Gasteiger partial charge in [-0.3, -0.25) is 9.69 Å². The van der Waals surface area contributed by atoms with Gasteiger partial charge in [0.1, 0.15) is 11.7 Å². The van der Waals surface area contributed by atoms with Crippen molar-refractivity contribution in [2.24, 2.45) is 0 Å². The van der Waals surface area contributed by atoms with Gasteiger partial charge < -0.3 is 15.0 Å². The van der Waals surface area contributed by atoms with Crippen LogP contribution in [-0.4, -0.2) is 65.1 Å². The first-order chi connectivity index (χ1) is 11.9. The van der Waals surface area contributed by atoms with Crippen molar-refractivity contribution < 1.29 is 18.0 Å². The lowest BCUT2D eigenvalue weighted by Crippen LogP contribution is -2.57. The number of halogens is 5. The Balaban J connectivity index is 0.00000182. The largest absolute Gasteiger partial charge is 0.405 e. The van der Waals surface area contributed by atoms with E-state index in [9.17, 15) is 18.0 Å². The Morgan fingerprint density at radius 2 is 1.96 bits per heavy atom. The summed E-state index contributed by atoms with van der Waals surface area (Å²) in [5.74, 6) is -0.465. The molecule has 2 aromatic heterocycles. The van der Waals surface area contributed by atoms with Crippen molar-refractivity contribution in [1.82, 2.24) is 24.9 Å². The van der Waals surface area contributed by atoms with Gasteiger partial charge >= 0.3 is 6.18 Å². The zero-order chi connectivity index (χ0) is 17.9. The Morgan fingerprint density at radius 1 is 1.26 bits per heavy atom. The number of piperazine rings is 1. The van der Waals surface area contributed by atoms with Gasteiger partial charge in [0.15, 0.2) is 0 Å².